The lowest BCUT2D eigenvalue weighted by atomic mass is 9.99. The molecule has 2 aromatic carbocycles. The molecule has 3 heterocycles. The average Bonchev–Trinajstić information content (AvgIpc) is 3.03. The maximum atomic E-state index is 13.4. The fraction of sp³-hybridized carbons (Fsp3) is 0.323. The third-order valence-electron chi connectivity index (χ3n) is 6.78. The lowest BCUT2D eigenvalue weighted by Gasteiger charge is -2.22. The molecule has 0 bridgehead atoms. The van der Waals surface area contributed by atoms with Gasteiger partial charge in [-0.15, -0.1) is 0 Å². The van der Waals surface area contributed by atoms with Gasteiger partial charge in [0.15, 0.2) is 12.0 Å². The number of aromatic nitrogens is 2. The number of carbonyl (C=O) groups excluding carboxylic acids is 1. The standard InChI is InChI=1S/C31H34N4O6/c1-38-30-28(31(37)35-41-27-4-2-3-17-40-27)25-20-32-14-13-26(25)34-29(30)23-7-5-21(6-8-23)22-9-11-24(12-10-22)33-15-18-39-19-16-36/h5-14,20,27,33,36H,2-4,15-19H2,1H3,(H,35,37). The van der Waals surface area contributed by atoms with Crippen LogP contribution in [0.5, 0.6) is 5.75 Å². The van der Waals surface area contributed by atoms with Gasteiger partial charge in [0.2, 0.25) is 0 Å². The number of rotatable bonds is 12. The average molecular weight is 559 g/mol. The molecule has 1 unspecified atom stereocenters. The summed E-state index contributed by atoms with van der Waals surface area (Å²) in [5.74, 6) is -0.120. The normalized spacial score (nSPS) is 15.0. The molecule has 214 valence electrons. The largest absolute Gasteiger partial charge is 0.494 e. The molecule has 1 aliphatic heterocycles. The smallest absolute Gasteiger partial charge is 0.279 e. The van der Waals surface area contributed by atoms with E-state index in [-0.39, 0.29) is 6.61 Å². The SMILES string of the molecule is COc1c(-c2ccc(-c3ccc(NCCOCCO)cc3)cc2)nc2ccncc2c1C(=O)NOC1CCCCO1. The Morgan fingerprint density at radius 2 is 1.78 bits per heavy atom. The lowest BCUT2D eigenvalue weighted by molar-refractivity contribution is -0.186. The van der Waals surface area contributed by atoms with Crippen LogP contribution in [-0.4, -0.2) is 67.4 Å². The summed E-state index contributed by atoms with van der Waals surface area (Å²) in [5.41, 5.74) is 7.89. The number of nitrogens with one attached hydrogen (secondary N) is 2. The van der Waals surface area contributed by atoms with Gasteiger partial charge < -0.3 is 24.6 Å². The van der Waals surface area contributed by atoms with Crippen molar-refractivity contribution in [2.24, 2.45) is 0 Å². The van der Waals surface area contributed by atoms with Gasteiger partial charge >= 0.3 is 0 Å². The topological polar surface area (TPSA) is 124 Å². The van der Waals surface area contributed by atoms with Crippen LogP contribution in [0.2, 0.25) is 0 Å². The summed E-state index contributed by atoms with van der Waals surface area (Å²) in [7, 11) is 1.52. The van der Waals surface area contributed by atoms with Gasteiger partial charge in [0, 0.05) is 48.6 Å². The Morgan fingerprint density at radius 3 is 2.49 bits per heavy atom. The zero-order chi connectivity index (χ0) is 28.4. The van der Waals surface area contributed by atoms with Gasteiger partial charge in [-0.2, -0.15) is 0 Å². The van der Waals surface area contributed by atoms with E-state index >= 15 is 0 Å². The van der Waals surface area contributed by atoms with Crippen LogP contribution < -0.4 is 15.5 Å². The molecule has 10 nitrogen and oxygen atoms in total. The van der Waals surface area contributed by atoms with E-state index in [1.165, 1.54) is 7.11 Å². The number of hydrogen-bond donors (Lipinski definition) is 3. The van der Waals surface area contributed by atoms with Crippen LogP contribution in [0.1, 0.15) is 29.6 Å². The molecule has 1 saturated heterocycles. The molecule has 3 N–H and O–H groups in total. The Balaban J connectivity index is 1.37. The summed E-state index contributed by atoms with van der Waals surface area (Å²) in [6, 6.07) is 17.9. The number of aliphatic hydroxyl groups excluding tert-OH is 1. The predicted molar refractivity (Wildman–Crippen MR) is 155 cm³/mol. The number of pyridine rings is 2. The summed E-state index contributed by atoms with van der Waals surface area (Å²) in [6.45, 7) is 2.15. The lowest BCUT2D eigenvalue weighted by Crippen LogP contribution is -2.33. The minimum atomic E-state index is -0.479. The van der Waals surface area contributed by atoms with Crippen molar-refractivity contribution in [3.63, 3.8) is 0 Å². The second-order valence-electron chi connectivity index (χ2n) is 9.52. The molecule has 1 atom stereocenters. The number of hydrogen-bond acceptors (Lipinski definition) is 9. The van der Waals surface area contributed by atoms with Crippen LogP contribution >= 0.6 is 0 Å². The maximum Gasteiger partial charge on any atom is 0.279 e. The predicted octanol–water partition coefficient (Wildman–Crippen LogP) is 4.58. The maximum absolute atomic E-state index is 13.4. The number of fused-ring (bicyclic) bond motifs is 1. The Bertz CT molecular complexity index is 1440. The van der Waals surface area contributed by atoms with E-state index in [2.05, 4.69) is 15.8 Å². The number of aliphatic hydroxyl groups is 1. The molecular formula is C31H34N4O6. The highest BCUT2D eigenvalue weighted by Crippen LogP contribution is 2.37. The quantitative estimate of drug-likeness (QED) is 0.169. The first-order valence-corrected chi connectivity index (χ1v) is 13.7. The first kappa shape index (κ1) is 28.4. The molecule has 2 aromatic heterocycles. The van der Waals surface area contributed by atoms with Gasteiger partial charge in [-0.25, -0.2) is 15.3 Å². The molecule has 0 saturated carbocycles. The highest BCUT2D eigenvalue weighted by Gasteiger charge is 2.24. The molecule has 1 fully saturated rings. The van der Waals surface area contributed by atoms with E-state index in [1.807, 2.05) is 48.5 Å². The Labute approximate surface area is 238 Å². The highest BCUT2D eigenvalue weighted by molar-refractivity contribution is 6.09. The van der Waals surface area contributed by atoms with E-state index in [0.29, 0.717) is 60.7 Å². The van der Waals surface area contributed by atoms with Gasteiger partial charge in [-0.1, -0.05) is 36.4 Å². The van der Waals surface area contributed by atoms with Crippen molar-refractivity contribution in [1.29, 1.82) is 0 Å². The molecule has 0 radical (unpaired) electrons. The van der Waals surface area contributed by atoms with Crippen molar-refractivity contribution in [3.8, 4) is 28.1 Å². The molecule has 0 spiro atoms. The van der Waals surface area contributed by atoms with Crippen molar-refractivity contribution >= 4 is 22.5 Å². The number of nitrogens with zero attached hydrogens (tertiary/aromatic N) is 2. The number of anilines is 1. The molecule has 41 heavy (non-hydrogen) atoms. The Kier molecular flexibility index (Phi) is 9.71. The van der Waals surface area contributed by atoms with Crippen LogP contribution in [-0.2, 0) is 14.3 Å². The Morgan fingerprint density at radius 1 is 1.02 bits per heavy atom. The van der Waals surface area contributed by atoms with Crippen LogP contribution in [0.15, 0.2) is 67.0 Å². The van der Waals surface area contributed by atoms with Crippen LogP contribution in [0.25, 0.3) is 33.3 Å². The Hall–Kier alpha value is -4.09. The highest BCUT2D eigenvalue weighted by atomic mass is 16.8. The van der Waals surface area contributed by atoms with Gasteiger partial charge in [-0.3, -0.25) is 9.78 Å². The van der Waals surface area contributed by atoms with Crippen LogP contribution in [0.3, 0.4) is 0 Å². The van der Waals surface area contributed by atoms with E-state index in [9.17, 15) is 4.79 Å². The minimum absolute atomic E-state index is 0.0242. The fourth-order valence-electron chi connectivity index (χ4n) is 4.72. The summed E-state index contributed by atoms with van der Waals surface area (Å²) < 4.78 is 16.6. The van der Waals surface area contributed by atoms with Crippen molar-refractivity contribution in [1.82, 2.24) is 15.4 Å². The molecule has 1 amide bonds. The second-order valence-corrected chi connectivity index (χ2v) is 9.52. The van der Waals surface area contributed by atoms with Gasteiger partial charge in [-0.05, 0) is 42.2 Å². The van der Waals surface area contributed by atoms with Crippen LogP contribution in [0.4, 0.5) is 5.69 Å². The van der Waals surface area contributed by atoms with Crippen molar-refractivity contribution in [2.75, 3.05) is 45.4 Å². The number of amides is 1. The summed E-state index contributed by atoms with van der Waals surface area (Å²) in [4.78, 5) is 28.0. The molecule has 5 rings (SSSR count). The minimum Gasteiger partial charge on any atom is -0.494 e. The number of hydroxylamine groups is 1. The number of ether oxygens (including phenoxy) is 3. The van der Waals surface area contributed by atoms with E-state index < -0.39 is 12.2 Å². The van der Waals surface area contributed by atoms with E-state index in [1.54, 1.807) is 18.5 Å². The fourth-order valence-corrected chi connectivity index (χ4v) is 4.72. The van der Waals surface area contributed by atoms with Crippen molar-refractivity contribution < 1.29 is 28.9 Å². The number of carbonyl (C=O) groups is 1. The van der Waals surface area contributed by atoms with Gasteiger partial charge in [0.1, 0.15) is 5.69 Å². The zero-order valence-electron chi connectivity index (χ0n) is 23.0. The monoisotopic (exact) mass is 558 g/mol. The summed E-state index contributed by atoms with van der Waals surface area (Å²) >= 11 is 0. The van der Waals surface area contributed by atoms with Crippen LogP contribution in [0, 0.1) is 0 Å². The molecule has 0 aliphatic carbocycles. The van der Waals surface area contributed by atoms with Gasteiger partial charge in [0.25, 0.3) is 5.91 Å². The molecule has 4 aromatic rings. The number of methoxy groups -OCH3 is 1. The number of benzene rings is 2. The molecule has 1 aliphatic rings. The summed E-state index contributed by atoms with van der Waals surface area (Å²) in [5, 5.41) is 12.6. The third kappa shape index (κ3) is 6.98. The van der Waals surface area contributed by atoms with E-state index in [0.717, 1.165) is 35.2 Å². The molecule has 10 heteroatoms. The summed E-state index contributed by atoms with van der Waals surface area (Å²) in [6.07, 6.45) is 5.44. The third-order valence-corrected chi connectivity index (χ3v) is 6.78. The first-order chi connectivity index (χ1) is 20.2. The second kappa shape index (κ2) is 14.0. The van der Waals surface area contributed by atoms with Crippen molar-refractivity contribution in [3.05, 3.63) is 72.6 Å². The zero-order valence-corrected chi connectivity index (χ0v) is 23.0. The van der Waals surface area contributed by atoms with Crippen molar-refractivity contribution in [2.45, 2.75) is 25.6 Å². The van der Waals surface area contributed by atoms with Gasteiger partial charge in [0.05, 0.1) is 38.0 Å². The first-order valence-electron chi connectivity index (χ1n) is 13.7. The van der Waals surface area contributed by atoms with E-state index in [4.69, 9.17) is 29.1 Å². The molecular weight excluding hydrogens is 524 g/mol.